The van der Waals surface area contributed by atoms with Crippen LogP contribution in [0.25, 0.3) is 0 Å². The van der Waals surface area contributed by atoms with Gasteiger partial charge in [-0.05, 0) is 20.8 Å². The maximum Gasteiger partial charge on any atom is 0.575 e. The van der Waals surface area contributed by atoms with Crippen LogP contribution >= 0.6 is 0 Å². The summed E-state index contributed by atoms with van der Waals surface area (Å²) in [6, 6.07) is 0. The van der Waals surface area contributed by atoms with Crippen molar-refractivity contribution in [3.05, 3.63) is 0 Å². The van der Waals surface area contributed by atoms with Crippen molar-refractivity contribution in [1.29, 1.82) is 0 Å². The van der Waals surface area contributed by atoms with Crippen molar-refractivity contribution in [1.82, 2.24) is 0 Å². The Labute approximate surface area is 133 Å². The van der Waals surface area contributed by atoms with Gasteiger partial charge in [0, 0.05) is 13.8 Å². The van der Waals surface area contributed by atoms with E-state index in [1.165, 1.54) is 6.92 Å². The molecule has 24 heavy (non-hydrogen) atoms. The molecule has 0 rings (SSSR count). The fourth-order valence-corrected chi connectivity index (χ4v) is 0.766. The first-order valence-electron chi connectivity index (χ1n) is 5.99. The first-order valence-corrected chi connectivity index (χ1v) is 5.99. The summed E-state index contributed by atoms with van der Waals surface area (Å²) in [5.41, 5.74) is -0.328. The van der Waals surface area contributed by atoms with E-state index in [2.05, 4.69) is 4.74 Å². The highest BCUT2D eigenvalue weighted by molar-refractivity contribution is 5.67. The molecule has 6 nitrogen and oxygen atoms in total. The van der Waals surface area contributed by atoms with Crippen LogP contribution in [0.2, 0.25) is 0 Å². The smallest absolute Gasteiger partial charge is 0.481 e. The van der Waals surface area contributed by atoms with Crippen LogP contribution in [0.5, 0.6) is 0 Å². The highest BCUT2D eigenvalue weighted by Gasteiger charge is 2.32. The molecule has 144 valence electrons. The van der Waals surface area contributed by atoms with E-state index in [1.807, 2.05) is 20.8 Å². The Morgan fingerprint density at radius 1 is 0.833 bits per heavy atom. The van der Waals surface area contributed by atoms with E-state index in [0.717, 1.165) is 0 Å². The van der Waals surface area contributed by atoms with Crippen LogP contribution in [-0.2, 0) is 23.9 Å². The number of alkyl halides is 6. The van der Waals surface area contributed by atoms with Crippen molar-refractivity contribution in [3.8, 4) is 0 Å². The van der Waals surface area contributed by atoms with E-state index in [4.69, 9.17) is 9.84 Å². The minimum Gasteiger partial charge on any atom is -0.481 e. The summed E-state index contributed by atoms with van der Waals surface area (Å²) >= 11 is 0. The monoisotopic (exact) mass is 372 g/mol. The number of ether oxygens (including phenoxy) is 2. The molecule has 0 saturated heterocycles. The topological polar surface area (TPSA) is 89.9 Å². The molecule has 0 aliphatic carbocycles. The average molecular weight is 372 g/mol. The van der Waals surface area contributed by atoms with Gasteiger partial charge in [0.1, 0.15) is 12.0 Å². The van der Waals surface area contributed by atoms with Gasteiger partial charge in [0.05, 0.1) is 0 Å². The number of esters is 2. The second kappa shape index (κ2) is 10.7. The third kappa shape index (κ3) is 42.7. The molecule has 0 unspecified atom stereocenters. The lowest BCUT2D eigenvalue weighted by Gasteiger charge is -2.17. The summed E-state index contributed by atoms with van der Waals surface area (Å²) in [6.45, 7) is 7.62. The van der Waals surface area contributed by atoms with Gasteiger partial charge >= 0.3 is 30.4 Å². The van der Waals surface area contributed by atoms with Gasteiger partial charge in [-0.3, -0.25) is 14.4 Å². The van der Waals surface area contributed by atoms with Crippen molar-refractivity contribution in [3.63, 3.8) is 0 Å². The van der Waals surface area contributed by atoms with Gasteiger partial charge < -0.3 is 14.6 Å². The molecule has 0 radical (unpaired) electrons. The molecule has 0 spiro atoms. The van der Waals surface area contributed by atoms with Crippen LogP contribution < -0.4 is 0 Å². The van der Waals surface area contributed by atoms with Crippen molar-refractivity contribution >= 4 is 17.9 Å². The van der Waals surface area contributed by atoms with E-state index in [1.54, 1.807) is 0 Å². The number of carbonyl (C=O) groups is 3. The van der Waals surface area contributed by atoms with Gasteiger partial charge in [0.15, 0.2) is 0 Å². The molecule has 0 aromatic rings. The number of carboxylic acid groups (broad SMARTS) is 1. The highest BCUT2D eigenvalue weighted by atomic mass is 19.4. The fourth-order valence-electron chi connectivity index (χ4n) is 0.766. The van der Waals surface area contributed by atoms with Crippen LogP contribution in [0, 0.1) is 0 Å². The zero-order chi connectivity index (χ0) is 20.4. The number of rotatable bonds is 1. The molecule has 0 aromatic heterocycles. The fraction of sp³-hybridized carbons (Fsp3) is 0.750. The lowest BCUT2D eigenvalue weighted by molar-refractivity contribution is -0.304. The van der Waals surface area contributed by atoms with Gasteiger partial charge in [-0.1, -0.05) is 0 Å². The Balaban J connectivity index is -0.000000276. The summed E-state index contributed by atoms with van der Waals surface area (Å²) in [4.78, 5) is 29.0. The predicted molar refractivity (Wildman–Crippen MR) is 67.6 cm³/mol. The predicted octanol–water partition coefficient (Wildman–Crippen LogP) is 3.44. The standard InChI is InChI=1S/C6H12O2.2C3H3F3O2/c1-5(7)8-6(2,3)4;1-2(7)8-3(4,5)6;4-3(5,6)1-2(7)8/h1-4H3;1H3;1H2,(H,7,8). The first kappa shape index (κ1) is 26.9. The molecule has 0 saturated carbocycles. The Hall–Kier alpha value is -2.01. The normalized spacial score (nSPS) is 11.1. The molecule has 0 aromatic carbocycles. The molecular formula is C12H18F6O6. The molecule has 0 heterocycles. The lowest BCUT2D eigenvalue weighted by Crippen LogP contribution is -2.21. The molecule has 0 amide bonds. The summed E-state index contributed by atoms with van der Waals surface area (Å²) in [5, 5.41) is 7.53. The van der Waals surface area contributed by atoms with E-state index in [-0.39, 0.29) is 11.6 Å². The quantitative estimate of drug-likeness (QED) is 0.560. The Kier molecular flexibility index (Phi) is 12.0. The summed E-state index contributed by atoms with van der Waals surface area (Å²) < 4.78 is 73.0. The maximum atomic E-state index is 10.9. The second-order valence-corrected chi connectivity index (χ2v) is 4.93. The van der Waals surface area contributed by atoms with Crippen molar-refractivity contribution in [2.24, 2.45) is 0 Å². The minimum absolute atomic E-state index is 0.225. The Bertz CT molecular complexity index is 346. The first-order chi connectivity index (χ1) is 10.2. The van der Waals surface area contributed by atoms with Gasteiger partial charge in [0.2, 0.25) is 0 Å². The van der Waals surface area contributed by atoms with Gasteiger partial charge in [-0.25, -0.2) is 0 Å². The molecule has 12 heteroatoms. The number of carboxylic acids is 1. The SMILES string of the molecule is CC(=O)OC(C)(C)C.CC(=O)OC(F)(F)F.O=C(O)CC(F)(F)F. The van der Waals surface area contributed by atoms with E-state index in [9.17, 15) is 40.7 Å². The zero-order valence-corrected chi connectivity index (χ0v) is 13.5. The molecule has 0 bridgehead atoms. The summed E-state index contributed by atoms with van der Waals surface area (Å²) in [6.07, 6.45) is -11.2. The molecular weight excluding hydrogens is 354 g/mol. The van der Waals surface area contributed by atoms with Crippen LogP contribution in [-0.4, -0.2) is 41.2 Å². The molecule has 0 fully saturated rings. The largest absolute Gasteiger partial charge is 0.575 e. The molecule has 0 aliphatic rings. The van der Waals surface area contributed by atoms with Crippen LogP contribution in [0.3, 0.4) is 0 Å². The number of halogens is 6. The van der Waals surface area contributed by atoms with Gasteiger partial charge in [-0.15, -0.1) is 13.2 Å². The summed E-state index contributed by atoms with van der Waals surface area (Å²) in [7, 11) is 0. The minimum atomic E-state index is -4.83. The molecule has 0 atom stereocenters. The number of hydrogen-bond donors (Lipinski definition) is 1. The maximum absolute atomic E-state index is 10.9. The van der Waals surface area contributed by atoms with Crippen molar-refractivity contribution in [2.75, 3.05) is 0 Å². The Morgan fingerprint density at radius 2 is 1.17 bits per heavy atom. The Morgan fingerprint density at radius 3 is 1.17 bits per heavy atom. The van der Waals surface area contributed by atoms with Gasteiger partial charge in [-0.2, -0.15) is 13.2 Å². The summed E-state index contributed by atoms with van der Waals surface area (Å²) in [5.74, 6) is -3.42. The number of hydrogen-bond acceptors (Lipinski definition) is 5. The molecule has 0 aliphatic heterocycles. The van der Waals surface area contributed by atoms with Gasteiger partial charge in [0.25, 0.3) is 0 Å². The van der Waals surface area contributed by atoms with Crippen LogP contribution in [0.15, 0.2) is 0 Å². The lowest BCUT2D eigenvalue weighted by atomic mass is 10.2. The van der Waals surface area contributed by atoms with Crippen molar-refractivity contribution in [2.45, 2.75) is 59.2 Å². The van der Waals surface area contributed by atoms with E-state index in [0.29, 0.717) is 6.92 Å². The highest BCUT2D eigenvalue weighted by Crippen LogP contribution is 2.18. The zero-order valence-electron chi connectivity index (χ0n) is 13.5. The number of aliphatic carboxylic acids is 1. The third-order valence-corrected chi connectivity index (χ3v) is 1.06. The van der Waals surface area contributed by atoms with Crippen LogP contribution in [0.4, 0.5) is 26.3 Å². The average Bonchev–Trinajstić information content (AvgIpc) is 2.04. The van der Waals surface area contributed by atoms with E-state index >= 15 is 0 Å². The second-order valence-electron chi connectivity index (χ2n) is 4.93. The number of carbonyl (C=O) groups excluding carboxylic acids is 2. The third-order valence-electron chi connectivity index (χ3n) is 1.06. The van der Waals surface area contributed by atoms with Crippen LogP contribution in [0.1, 0.15) is 41.0 Å². The van der Waals surface area contributed by atoms with E-state index < -0.39 is 30.9 Å². The molecule has 1 N–H and O–H groups in total. The van der Waals surface area contributed by atoms with Crippen molar-refractivity contribution < 1.29 is 55.3 Å².